The molecule has 1 rings (SSSR count). The van der Waals surface area contributed by atoms with E-state index in [0.717, 1.165) is 0 Å². The first-order valence-corrected chi connectivity index (χ1v) is 5.68. The molecule has 0 bridgehead atoms. The molecule has 3 nitrogen and oxygen atoms in total. The number of carbonyl (C=O) groups excluding carboxylic acids is 1. The van der Waals surface area contributed by atoms with Crippen molar-refractivity contribution in [1.82, 2.24) is 4.90 Å². The molecule has 2 N–H and O–H groups in total. The summed E-state index contributed by atoms with van der Waals surface area (Å²) in [7, 11) is 0. The molecule has 4 heteroatoms. The van der Waals surface area contributed by atoms with Gasteiger partial charge in [-0.3, -0.25) is 4.79 Å². The predicted molar refractivity (Wildman–Crippen MR) is 69.4 cm³/mol. The van der Waals surface area contributed by atoms with E-state index < -0.39 is 0 Å². The van der Waals surface area contributed by atoms with Gasteiger partial charge in [-0.15, -0.1) is 0 Å². The summed E-state index contributed by atoms with van der Waals surface area (Å²) in [5.41, 5.74) is 6.13. The van der Waals surface area contributed by atoms with Gasteiger partial charge in [0.15, 0.2) is 0 Å². The smallest absolute Gasteiger partial charge is 0.253 e. The SMILES string of the molecule is CCN(CCC(N)=S)C(=O)c1ccccc1. The first-order chi connectivity index (χ1) is 7.65. The molecule has 0 heterocycles. The molecule has 16 heavy (non-hydrogen) atoms. The molecule has 0 saturated heterocycles. The third-order valence-electron chi connectivity index (χ3n) is 2.32. The van der Waals surface area contributed by atoms with Crippen molar-refractivity contribution in [3.63, 3.8) is 0 Å². The van der Waals surface area contributed by atoms with Crippen LogP contribution in [0.5, 0.6) is 0 Å². The van der Waals surface area contributed by atoms with Gasteiger partial charge in [0.25, 0.3) is 5.91 Å². The quantitative estimate of drug-likeness (QED) is 0.793. The highest BCUT2D eigenvalue weighted by Gasteiger charge is 2.13. The van der Waals surface area contributed by atoms with Crippen LogP contribution in [0.4, 0.5) is 0 Å². The third kappa shape index (κ3) is 3.62. The van der Waals surface area contributed by atoms with E-state index in [2.05, 4.69) is 0 Å². The highest BCUT2D eigenvalue weighted by Crippen LogP contribution is 2.05. The molecule has 0 unspecified atom stereocenters. The van der Waals surface area contributed by atoms with Gasteiger partial charge in [-0.2, -0.15) is 0 Å². The molecule has 1 aromatic carbocycles. The lowest BCUT2D eigenvalue weighted by atomic mass is 10.2. The predicted octanol–water partition coefficient (Wildman–Crippen LogP) is 1.82. The van der Waals surface area contributed by atoms with E-state index in [-0.39, 0.29) is 5.91 Å². The minimum atomic E-state index is 0.0272. The van der Waals surface area contributed by atoms with Gasteiger partial charge < -0.3 is 10.6 Å². The maximum atomic E-state index is 12.0. The molecule has 1 aromatic rings. The average Bonchev–Trinajstić information content (AvgIpc) is 2.30. The highest BCUT2D eigenvalue weighted by atomic mass is 32.1. The van der Waals surface area contributed by atoms with Gasteiger partial charge in [0.1, 0.15) is 0 Å². The van der Waals surface area contributed by atoms with Crippen LogP contribution in [-0.2, 0) is 0 Å². The van der Waals surface area contributed by atoms with E-state index >= 15 is 0 Å². The van der Waals surface area contributed by atoms with Crippen molar-refractivity contribution in [3.05, 3.63) is 35.9 Å². The van der Waals surface area contributed by atoms with Crippen LogP contribution in [0.3, 0.4) is 0 Å². The number of hydrogen-bond donors (Lipinski definition) is 1. The highest BCUT2D eigenvalue weighted by molar-refractivity contribution is 7.80. The zero-order valence-electron chi connectivity index (χ0n) is 9.35. The zero-order chi connectivity index (χ0) is 12.0. The largest absolute Gasteiger partial charge is 0.393 e. The lowest BCUT2D eigenvalue weighted by Crippen LogP contribution is -2.33. The first-order valence-electron chi connectivity index (χ1n) is 5.27. The van der Waals surface area contributed by atoms with Gasteiger partial charge in [-0.25, -0.2) is 0 Å². The number of carbonyl (C=O) groups is 1. The van der Waals surface area contributed by atoms with Crippen LogP contribution in [0.25, 0.3) is 0 Å². The van der Waals surface area contributed by atoms with Crippen molar-refractivity contribution >= 4 is 23.1 Å². The van der Waals surface area contributed by atoms with Crippen molar-refractivity contribution < 1.29 is 4.79 Å². The lowest BCUT2D eigenvalue weighted by molar-refractivity contribution is 0.0769. The van der Waals surface area contributed by atoms with Crippen molar-refractivity contribution in [3.8, 4) is 0 Å². The van der Waals surface area contributed by atoms with Crippen LogP contribution >= 0.6 is 12.2 Å². The molecule has 0 fully saturated rings. The Morgan fingerprint density at radius 3 is 2.50 bits per heavy atom. The number of nitrogens with two attached hydrogens (primary N) is 1. The van der Waals surface area contributed by atoms with Crippen molar-refractivity contribution in [1.29, 1.82) is 0 Å². The maximum Gasteiger partial charge on any atom is 0.253 e. The Morgan fingerprint density at radius 2 is 2.00 bits per heavy atom. The van der Waals surface area contributed by atoms with Gasteiger partial charge in [-0.1, -0.05) is 30.4 Å². The summed E-state index contributed by atoms with van der Waals surface area (Å²) >= 11 is 4.80. The lowest BCUT2D eigenvalue weighted by Gasteiger charge is -2.20. The van der Waals surface area contributed by atoms with Gasteiger partial charge in [0, 0.05) is 25.1 Å². The van der Waals surface area contributed by atoms with Gasteiger partial charge >= 0.3 is 0 Å². The Morgan fingerprint density at radius 1 is 1.38 bits per heavy atom. The fraction of sp³-hybridized carbons (Fsp3) is 0.333. The molecule has 0 atom stereocenters. The standard InChI is InChI=1S/C12H16N2OS/c1-2-14(9-8-11(13)16)12(15)10-6-4-3-5-7-10/h3-7H,2,8-9H2,1H3,(H2,13,16). The van der Waals surface area contributed by atoms with Crippen LogP contribution in [0.1, 0.15) is 23.7 Å². The zero-order valence-corrected chi connectivity index (χ0v) is 10.2. The molecule has 0 aliphatic rings. The Hall–Kier alpha value is -1.42. The van der Waals surface area contributed by atoms with Gasteiger partial charge in [0.2, 0.25) is 0 Å². The Kier molecular flexibility index (Phi) is 4.92. The number of thiocarbonyl (C=S) groups is 1. The second-order valence-electron chi connectivity index (χ2n) is 3.47. The summed E-state index contributed by atoms with van der Waals surface area (Å²) in [5, 5.41) is 0. The van der Waals surface area contributed by atoms with Crippen LogP contribution in [0, 0.1) is 0 Å². The summed E-state index contributed by atoms with van der Waals surface area (Å²) < 4.78 is 0. The molecule has 0 radical (unpaired) electrons. The Balaban J connectivity index is 2.66. The molecule has 0 aromatic heterocycles. The number of amides is 1. The molecule has 0 aliphatic carbocycles. The molecular formula is C12H16N2OS. The van der Waals surface area contributed by atoms with Crippen LogP contribution in [-0.4, -0.2) is 28.9 Å². The maximum absolute atomic E-state index is 12.0. The topological polar surface area (TPSA) is 46.3 Å². The van der Waals surface area contributed by atoms with E-state index in [1.165, 1.54) is 0 Å². The second kappa shape index (κ2) is 6.23. The van der Waals surface area contributed by atoms with Crippen LogP contribution in [0.15, 0.2) is 30.3 Å². The van der Waals surface area contributed by atoms with Gasteiger partial charge in [-0.05, 0) is 19.1 Å². The number of benzene rings is 1. The Bertz CT molecular complexity index is 365. The van der Waals surface area contributed by atoms with E-state index in [4.69, 9.17) is 18.0 Å². The summed E-state index contributed by atoms with van der Waals surface area (Å²) in [6, 6.07) is 9.23. The third-order valence-corrected chi connectivity index (χ3v) is 2.52. The second-order valence-corrected chi connectivity index (χ2v) is 3.99. The number of rotatable bonds is 5. The fourth-order valence-electron chi connectivity index (χ4n) is 1.41. The number of hydrogen-bond acceptors (Lipinski definition) is 2. The number of nitrogens with zero attached hydrogens (tertiary/aromatic N) is 1. The van der Waals surface area contributed by atoms with Crippen LogP contribution in [0.2, 0.25) is 0 Å². The van der Waals surface area contributed by atoms with Crippen molar-refractivity contribution in [2.75, 3.05) is 13.1 Å². The van der Waals surface area contributed by atoms with E-state index in [0.29, 0.717) is 30.1 Å². The first kappa shape index (κ1) is 12.6. The van der Waals surface area contributed by atoms with E-state index in [1.54, 1.807) is 4.90 Å². The molecular weight excluding hydrogens is 220 g/mol. The summed E-state index contributed by atoms with van der Waals surface area (Å²) in [6.45, 7) is 3.19. The van der Waals surface area contributed by atoms with Gasteiger partial charge in [0.05, 0.1) is 4.99 Å². The van der Waals surface area contributed by atoms with Crippen LogP contribution < -0.4 is 5.73 Å². The molecule has 0 saturated carbocycles. The monoisotopic (exact) mass is 236 g/mol. The van der Waals surface area contributed by atoms with Crippen molar-refractivity contribution in [2.45, 2.75) is 13.3 Å². The van der Waals surface area contributed by atoms with Crippen molar-refractivity contribution in [2.24, 2.45) is 5.73 Å². The molecule has 86 valence electrons. The van der Waals surface area contributed by atoms with E-state index in [9.17, 15) is 4.79 Å². The Labute approximate surface area is 101 Å². The fourth-order valence-corrected chi connectivity index (χ4v) is 1.50. The summed E-state index contributed by atoms with van der Waals surface area (Å²) in [6.07, 6.45) is 0.571. The minimum Gasteiger partial charge on any atom is -0.393 e. The molecule has 0 aliphatic heterocycles. The molecule has 0 spiro atoms. The minimum absolute atomic E-state index is 0.0272. The summed E-state index contributed by atoms with van der Waals surface area (Å²) in [4.78, 5) is 14.2. The molecule has 1 amide bonds. The van der Waals surface area contributed by atoms with E-state index in [1.807, 2.05) is 37.3 Å². The average molecular weight is 236 g/mol. The summed E-state index contributed by atoms with van der Waals surface area (Å²) in [5.74, 6) is 0.0272. The normalized spacial score (nSPS) is 9.81.